The number of rotatable bonds is 10. The summed E-state index contributed by atoms with van der Waals surface area (Å²) in [5.41, 5.74) is 0.619. The average molecular weight is 746 g/mol. The summed E-state index contributed by atoms with van der Waals surface area (Å²) in [4.78, 5) is 34.5. The molecular formula is C36H50ClF2N7O4Si. The van der Waals surface area contributed by atoms with Crippen molar-refractivity contribution in [2.45, 2.75) is 104 Å². The highest BCUT2D eigenvalue weighted by molar-refractivity contribution is 6.76. The van der Waals surface area contributed by atoms with Crippen molar-refractivity contribution in [3.05, 3.63) is 39.4 Å². The molecule has 15 heteroatoms. The predicted octanol–water partition coefficient (Wildman–Crippen LogP) is 7.80. The fraction of sp³-hybridized carbons (Fsp3) is 0.611. The molecule has 278 valence electrons. The lowest BCUT2D eigenvalue weighted by Gasteiger charge is -2.33. The zero-order valence-electron chi connectivity index (χ0n) is 30.9. The molecule has 0 radical (unpaired) electrons. The van der Waals surface area contributed by atoms with Crippen molar-refractivity contribution in [3.8, 4) is 11.1 Å². The Morgan fingerprint density at radius 3 is 2.55 bits per heavy atom. The third-order valence-corrected chi connectivity index (χ3v) is 12.1. The summed E-state index contributed by atoms with van der Waals surface area (Å²) >= 11 is 6.97. The van der Waals surface area contributed by atoms with Gasteiger partial charge in [0.2, 0.25) is 5.95 Å². The Morgan fingerprint density at radius 2 is 1.88 bits per heavy atom. The lowest BCUT2D eigenvalue weighted by atomic mass is 9.80. The van der Waals surface area contributed by atoms with Gasteiger partial charge < -0.3 is 24.3 Å². The van der Waals surface area contributed by atoms with Crippen LogP contribution in [0.2, 0.25) is 30.7 Å². The van der Waals surface area contributed by atoms with E-state index >= 15 is 0 Å². The number of carbonyl (C=O) groups excluding carboxylic acids is 1. The highest BCUT2D eigenvalue weighted by Gasteiger charge is 2.39. The first kappa shape index (κ1) is 37.3. The zero-order chi connectivity index (χ0) is 37.0. The summed E-state index contributed by atoms with van der Waals surface area (Å²) in [6.07, 6.45) is 1.37. The minimum absolute atomic E-state index is 0.0492. The molecule has 3 atom stereocenters. The van der Waals surface area contributed by atoms with Crippen LogP contribution in [0.25, 0.3) is 33.1 Å². The highest BCUT2D eigenvalue weighted by atomic mass is 35.5. The average Bonchev–Trinajstić information content (AvgIpc) is 3.46. The van der Waals surface area contributed by atoms with E-state index in [1.165, 1.54) is 4.68 Å². The van der Waals surface area contributed by atoms with Gasteiger partial charge in [0, 0.05) is 70.1 Å². The number of alkyl halides is 2. The Hall–Kier alpha value is -3.49. The first-order chi connectivity index (χ1) is 24.0. The number of fused-ring (bicyclic) bond motifs is 6. The SMILES string of the molecule is CCn1nc2ccc(-c3cn(COCC[Si](C)(C)C)c4nc(N5C[C@@H]6CC[C@H](C5)[C@H](NC(=O)OC(C)(C)C)C6)n(C)c(=O)c34)c(Cl)c2c1C(F)F. The molecule has 3 aromatic heterocycles. The standard InChI is InChI=1S/C36H50ClF2N7O4Si/c1-9-46-30(31(38)39)28-25(42-46)13-12-23(29(28)37)24-19-45(20-49-14-15-51(6,7)8)32-27(24)33(47)43(5)34(41-32)44-17-21-10-11-22(18-44)26(16-21)40-35(48)50-36(2,3)4/h12-13,19,21-22,26,31H,9-11,14-18,20H2,1-8H3,(H,40,48)/t21-,22-,26-/m1/s1. The van der Waals surface area contributed by atoms with Gasteiger partial charge in [-0.15, -0.1) is 0 Å². The van der Waals surface area contributed by atoms with Crippen molar-refractivity contribution in [3.63, 3.8) is 0 Å². The molecule has 1 saturated carbocycles. The summed E-state index contributed by atoms with van der Waals surface area (Å²) in [5, 5.41) is 8.10. The van der Waals surface area contributed by atoms with Crippen LogP contribution in [-0.4, -0.2) is 69.4 Å². The summed E-state index contributed by atoms with van der Waals surface area (Å²) in [6, 6.07) is 4.32. The second-order valence-corrected chi connectivity index (χ2v) is 22.3. The molecule has 11 nitrogen and oxygen atoms in total. The minimum Gasteiger partial charge on any atom is -0.444 e. The molecule has 2 bridgehead atoms. The monoisotopic (exact) mass is 745 g/mol. The van der Waals surface area contributed by atoms with E-state index in [9.17, 15) is 18.4 Å². The first-order valence-electron chi connectivity index (χ1n) is 17.8. The maximum Gasteiger partial charge on any atom is 0.407 e. The molecule has 1 aliphatic carbocycles. The van der Waals surface area contributed by atoms with Crippen LogP contribution in [0.1, 0.15) is 59.1 Å². The number of benzene rings is 1. The van der Waals surface area contributed by atoms with Gasteiger partial charge in [0.1, 0.15) is 18.0 Å². The summed E-state index contributed by atoms with van der Waals surface area (Å²) in [7, 11) is 0.348. The van der Waals surface area contributed by atoms with Crippen LogP contribution in [0.4, 0.5) is 19.5 Å². The van der Waals surface area contributed by atoms with Crippen LogP contribution in [0.5, 0.6) is 0 Å². The number of aryl methyl sites for hydroxylation is 1. The molecule has 51 heavy (non-hydrogen) atoms. The van der Waals surface area contributed by atoms with Crippen molar-refractivity contribution < 1.29 is 23.0 Å². The lowest BCUT2D eigenvalue weighted by molar-refractivity contribution is 0.0465. The van der Waals surface area contributed by atoms with E-state index < -0.39 is 26.2 Å². The van der Waals surface area contributed by atoms with Crippen LogP contribution in [0, 0.1) is 11.8 Å². The first-order valence-corrected chi connectivity index (χ1v) is 21.9. The van der Waals surface area contributed by atoms with Gasteiger partial charge in [-0.3, -0.25) is 14.0 Å². The van der Waals surface area contributed by atoms with E-state index in [0.29, 0.717) is 59.2 Å². The van der Waals surface area contributed by atoms with E-state index in [-0.39, 0.29) is 46.9 Å². The van der Waals surface area contributed by atoms with Gasteiger partial charge in [-0.2, -0.15) is 10.1 Å². The number of halogens is 3. The Labute approximate surface area is 303 Å². The number of nitrogens with zero attached hydrogens (tertiary/aromatic N) is 6. The molecule has 7 rings (SSSR count). The quantitative estimate of drug-likeness (QED) is 0.130. The molecule has 4 aromatic rings. The van der Waals surface area contributed by atoms with Gasteiger partial charge in [-0.1, -0.05) is 37.3 Å². The maximum absolute atomic E-state index is 14.5. The normalized spacial score (nSPS) is 19.8. The highest BCUT2D eigenvalue weighted by Crippen LogP contribution is 2.42. The third kappa shape index (κ3) is 7.68. The van der Waals surface area contributed by atoms with Gasteiger partial charge in [-0.05, 0) is 70.9 Å². The molecule has 1 aromatic carbocycles. The summed E-state index contributed by atoms with van der Waals surface area (Å²) < 4.78 is 45.1. The van der Waals surface area contributed by atoms with Gasteiger partial charge in [0.25, 0.3) is 12.0 Å². The Balaban J connectivity index is 1.42. The fourth-order valence-electron chi connectivity index (χ4n) is 7.48. The predicted molar refractivity (Wildman–Crippen MR) is 200 cm³/mol. The number of aromatic nitrogens is 5. The Kier molecular flexibility index (Phi) is 10.3. The molecule has 2 aliphatic heterocycles. The number of carbonyl (C=O) groups is 1. The molecular weight excluding hydrogens is 696 g/mol. The van der Waals surface area contributed by atoms with Crippen molar-refractivity contribution >= 4 is 53.7 Å². The Bertz CT molecular complexity index is 2000. The fourth-order valence-corrected chi connectivity index (χ4v) is 8.60. The number of nitrogens with one attached hydrogen (secondary N) is 1. The Morgan fingerprint density at radius 1 is 1.14 bits per heavy atom. The molecule has 2 saturated heterocycles. The summed E-state index contributed by atoms with van der Waals surface area (Å²) in [6.45, 7) is 16.4. The molecule has 5 heterocycles. The van der Waals surface area contributed by atoms with E-state index in [0.717, 1.165) is 25.3 Å². The van der Waals surface area contributed by atoms with Crippen molar-refractivity contribution in [2.75, 3.05) is 24.6 Å². The van der Waals surface area contributed by atoms with E-state index in [2.05, 4.69) is 35.0 Å². The number of alkyl carbamates (subject to hydrolysis) is 1. The van der Waals surface area contributed by atoms with Crippen molar-refractivity contribution in [2.24, 2.45) is 18.9 Å². The maximum atomic E-state index is 14.5. The van der Waals surface area contributed by atoms with Gasteiger partial charge in [0.15, 0.2) is 5.65 Å². The van der Waals surface area contributed by atoms with E-state index in [1.54, 1.807) is 36.9 Å². The lowest BCUT2D eigenvalue weighted by Crippen LogP contribution is -2.46. The molecule has 0 spiro atoms. The van der Waals surface area contributed by atoms with Gasteiger partial charge in [0.05, 0.1) is 15.9 Å². The van der Waals surface area contributed by atoms with Crippen LogP contribution in [0.15, 0.2) is 23.1 Å². The molecule has 3 fully saturated rings. The largest absolute Gasteiger partial charge is 0.444 e. The van der Waals surface area contributed by atoms with Crippen molar-refractivity contribution in [1.29, 1.82) is 0 Å². The molecule has 1 amide bonds. The van der Waals surface area contributed by atoms with Gasteiger partial charge in [-0.25, -0.2) is 13.6 Å². The van der Waals surface area contributed by atoms with Crippen molar-refractivity contribution in [1.82, 2.24) is 29.2 Å². The number of hydrogen-bond acceptors (Lipinski definition) is 7. The third-order valence-electron chi connectivity index (χ3n) is 10.0. The smallest absolute Gasteiger partial charge is 0.407 e. The van der Waals surface area contributed by atoms with E-state index in [4.69, 9.17) is 26.1 Å². The van der Waals surface area contributed by atoms with Crippen LogP contribution in [0.3, 0.4) is 0 Å². The molecule has 3 aliphatic rings. The second-order valence-electron chi connectivity index (χ2n) is 16.3. The van der Waals surface area contributed by atoms with Gasteiger partial charge >= 0.3 is 6.09 Å². The van der Waals surface area contributed by atoms with Crippen LogP contribution >= 0.6 is 11.6 Å². The topological polar surface area (TPSA) is 108 Å². The zero-order valence-corrected chi connectivity index (χ0v) is 32.6. The van der Waals surface area contributed by atoms with Crippen LogP contribution in [-0.2, 0) is 29.8 Å². The number of hydrogen-bond donors (Lipinski definition) is 1. The number of ether oxygens (including phenoxy) is 2. The number of amides is 1. The van der Waals surface area contributed by atoms with Crippen LogP contribution < -0.4 is 15.8 Å². The number of anilines is 1. The summed E-state index contributed by atoms with van der Waals surface area (Å²) in [5.74, 6) is 0.970. The molecule has 0 unspecified atom stereocenters. The molecule has 1 N–H and O–H groups in total. The van der Waals surface area contributed by atoms with E-state index in [1.807, 2.05) is 25.3 Å². The minimum atomic E-state index is -2.79. The second kappa shape index (κ2) is 14.1.